The van der Waals surface area contributed by atoms with Crippen molar-refractivity contribution < 1.29 is 0 Å². The highest BCUT2D eigenvalue weighted by atomic mass is 127. The molecule has 5 nitrogen and oxygen atoms in total. The number of aromatic nitrogens is 1. The molecule has 1 saturated heterocycles. The largest absolute Gasteiger partial charge is 0.356 e. The molecule has 1 aromatic heterocycles. The molecule has 0 radical (unpaired) electrons. The first-order chi connectivity index (χ1) is 14.0. The van der Waals surface area contributed by atoms with Crippen LogP contribution in [0.4, 0.5) is 0 Å². The topological polar surface area (TPSA) is 52.6 Å². The molecule has 0 bridgehead atoms. The number of guanidine groups is 1. The van der Waals surface area contributed by atoms with Gasteiger partial charge in [0.2, 0.25) is 0 Å². The number of piperidine rings is 1. The lowest BCUT2D eigenvalue weighted by Gasteiger charge is -2.31. The number of aliphatic imine (C=N–C) groups is 1. The van der Waals surface area contributed by atoms with E-state index in [-0.39, 0.29) is 24.0 Å². The van der Waals surface area contributed by atoms with Gasteiger partial charge in [-0.2, -0.15) is 0 Å². The second-order valence-corrected chi connectivity index (χ2v) is 9.29. The van der Waals surface area contributed by atoms with Crippen LogP contribution in [0, 0.1) is 19.8 Å². The van der Waals surface area contributed by atoms with Gasteiger partial charge in [-0.05, 0) is 57.2 Å². The van der Waals surface area contributed by atoms with E-state index in [4.69, 9.17) is 0 Å². The van der Waals surface area contributed by atoms with Gasteiger partial charge in [0.1, 0.15) is 0 Å². The minimum absolute atomic E-state index is 0. The average Bonchev–Trinajstić information content (AvgIpc) is 3.14. The Morgan fingerprint density at radius 3 is 2.50 bits per heavy atom. The van der Waals surface area contributed by atoms with Crippen molar-refractivity contribution in [3.63, 3.8) is 0 Å². The molecule has 166 valence electrons. The summed E-state index contributed by atoms with van der Waals surface area (Å²) in [5.41, 5.74) is 3.89. The van der Waals surface area contributed by atoms with E-state index in [1.807, 2.05) is 7.05 Å². The number of hydrogen-bond acceptors (Lipinski definition) is 4. The minimum atomic E-state index is 0. The van der Waals surface area contributed by atoms with Crippen LogP contribution >= 0.6 is 35.3 Å². The van der Waals surface area contributed by atoms with Gasteiger partial charge < -0.3 is 10.6 Å². The van der Waals surface area contributed by atoms with Crippen molar-refractivity contribution in [3.05, 3.63) is 51.5 Å². The number of aryl methyl sites for hydroxylation is 2. The molecule has 7 heteroatoms. The van der Waals surface area contributed by atoms with Crippen molar-refractivity contribution in [2.75, 3.05) is 33.2 Å². The monoisotopic (exact) mass is 541 g/mol. The number of nitrogens with one attached hydrogen (secondary N) is 2. The highest BCUT2D eigenvalue weighted by Gasteiger charge is 2.20. The first-order valence-corrected chi connectivity index (χ1v) is 11.6. The highest BCUT2D eigenvalue weighted by Crippen LogP contribution is 2.19. The SMILES string of the molecule is CN=C(NCC1CCN(Cc2csc(C)n2)CC1)NCC(C)c1ccc(C)cc1.I. The van der Waals surface area contributed by atoms with Gasteiger partial charge in [-0.1, -0.05) is 36.8 Å². The molecular weight excluding hydrogens is 505 g/mol. The Morgan fingerprint density at radius 1 is 1.20 bits per heavy atom. The molecule has 2 heterocycles. The maximum absolute atomic E-state index is 4.60. The number of thiazole rings is 1. The van der Waals surface area contributed by atoms with E-state index in [1.165, 1.54) is 29.7 Å². The Bertz CT molecular complexity index is 781. The third kappa shape index (κ3) is 7.81. The van der Waals surface area contributed by atoms with E-state index >= 15 is 0 Å². The molecule has 1 aromatic carbocycles. The lowest BCUT2D eigenvalue weighted by Crippen LogP contribution is -2.43. The van der Waals surface area contributed by atoms with Gasteiger partial charge in [-0.3, -0.25) is 9.89 Å². The summed E-state index contributed by atoms with van der Waals surface area (Å²) in [4.78, 5) is 11.5. The summed E-state index contributed by atoms with van der Waals surface area (Å²) in [5.74, 6) is 2.06. The van der Waals surface area contributed by atoms with Crippen molar-refractivity contribution in [2.45, 2.75) is 46.1 Å². The second-order valence-electron chi connectivity index (χ2n) is 8.22. The molecule has 1 atom stereocenters. The average molecular weight is 542 g/mol. The molecular formula is C23H36IN5S. The van der Waals surface area contributed by atoms with Crippen LogP contribution in [0.1, 0.15) is 47.5 Å². The number of benzene rings is 1. The second kappa shape index (κ2) is 12.6. The zero-order chi connectivity index (χ0) is 20.6. The van der Waals surface area contributed by atoms with Crippen molar-refractivity contribution in [2.24, 2.45) is 10.9 Å². The zero-order valence-corrected chi connectivity index (χ0v) is 21.8. The van der Waals surface area contributed by atoms with Crippen molar-refractivity contribution >= 4 is 41.3 Å². The van der Waals surface area contributed by atoms with Crippen LogP contribution in [0.5, 0.6) is 0 Å². The number of hydrogen-bond donors (Lipinski definition) is 2. The van der Waals surface area contributed by atoms with Crippen molar-refractivity contribution in [3.8, 4) is 0 Å². The Kier molecular flexibility index (Phi) is 10.5. The zero-order valence-electron chi connectivity index (χ0n) is 18.6. The fraction of sp³-hybridized carbons (Fsp3) is 0.565. The molecule has 1 unspecified atom stereocenters. The molecule has 0 aliphatic carbocycles. The molecule has 0 amide bonds. The molecule has 1 aliphatic rings. The number of halogens is 1. The quantitative estimate of drug-likeness (QED) is 0.307. The van der Waals surface area contributed by atoms with E-state index < -0.39 is 0 Å². The van der Waals surface area contributed by atoms with Crippen LogP contribution in [0.15, 0.2) is 34.6 Å². The highest BCUT2D eigenvalue weighted by molar-refractivity contribution is 14.0. The summed E-state index contributed by atoms with van der Waals surface area (Å²) in [6.45, 7) is 11.6. The smallest absolute Gasteiger partial charge is 0.191 e. The fourth-order valence-corrected chi connectivity index (χ4v) is 4.39. The normalized spacial score (nSPS) is 16.7. The lowest BCUT2D eigenvalue weighted by atomic mass is 9.97. The molecule has 1 fully saturated rings. The predicted octanol–water partition coefficient (Wildman–Crippen LogP) is 4.56. The van der Waals surface area contributed by atoms with Crippen LogP contribution in [0.2, 0.25) is 0 Å². The van der Waals surface area contributed by atoms with Gasteiger partial charge in [0.15, 0.2) is 5.96 Å². The summed E-state index contributed by atoms with van der Waals surface area (Å²) in [6, 6.07) is 8.80. The Balaban J connectivity index is 0.00000320. The summed E-state index contributed by atoms with van der Waals surface area (Å²) >= 11 is 1.75. The Labute approximate surface area is 202 Å². The first-order valence-electron chi connectivity index (χ1n) is 10.7. The third-order valence-corrected chi connectivity index (χ3v) is 6.59. The maximum atomic E-state index is 4.60. The molecule has 2 N–H and O–H groups in total. The van der Waals surface area contributed by atoms with Crippen molar-refractivity contribution in [1.29, 1.82) is 0 Å². The predicted molar refractivity (Wildman–Crippen MR) is 139 cm³/mol. The van der Waals surface area contributed by atoms with Crippen LogP contribution < -0.4 is 10.6 Å². The summed E-state index contributed by atoms with van der Waals surface area (Å²) in [7, 11) is 1.85. The number of nitrogens with zero attached hydrogens (tertiary/aromatic N) is 3. The van der Waals surface area contributed by atoms with Crippen LogP contribution in [0.3, 0.4) is 0 Å². The molecule has 1 aliphatic heterocycles. The first kappa shape index (κ1) is 25.1. The summed E-state index contributed by atoms with van der Waals surface area (Å²) in [6.07, 6.45) is 2.46. The van der Waals surface area contributed by atoms with Gasteiger partial charge in [-0.15, -0.1) is 35.3 Å². The molecule has 30 heavy (non-hydrogen) atoms. The van der Waals surface area contributed by atoms with E-state index in [0.717, 1.165) is 43.7 Å². The van der Waals surface area contributed by atoms with E-state index in [9.17, 15) is 0 Å². The van der Waals surface area contributed by atoms with Crippen LogP contribution in [-0.2, 0) is 6.54 Å². The van der Waals surface area contributed by atoms with E-state index in [0.29, 0.717) is 11.8 Å². The Hall–Kier alpha value is -1.19. The molecule has 3 rings (SSSR count). The standard InChI is InChI=1S/C23H35N5S.HI/c1-17-5-7-21(8-6-17)18(2)13-25-23(24-4)26-14-20-9-11-28(12-10-20)15-22-16-29-19(3)27-22;/h5-8,16,18,20H,9-15H2,1-4H3,(H2,24,25,26);1H. The maximum Gasteiger partial charge on any atom is 0.191 e. The number of likely N-dealkylation sites (tertiary alicyclic amines) is 1. The Morgan fingerprint density at radius 2 is 1.90 bits per heavy atom. The minimum Gasteiger partial charge on any atom is -0.356 e. The molecule has 0 spiro atoms. The summed E-state index contributed by atoms with van der Waals surface area (Å²) in [5, 5.41) is 10.4. The van der Waals surface area contributed by atoms with Gasteiger partial charge in [0, 0.05) is 32.1 Å². The van der Waals surface area contributed by atoms with Gasteiger partial charge >= 0.3 is 0 Å². The lowest BCUT2D eigenvalue weighted by molar-refractivity contribution is 0.176. The fourth-order valence-electron chi connectivity index (χ4n) is 3.78. The van der Waals surface area contributed by atoms with E-state index in [1.54, 1.807) is 11.3 Å². The van der Waals surface area contributed by atoms with Crippen molar-refractivity contribution in [1.82, 2.24) is 20.5 Å². The summed E-state index contributed by atoms with van der Waals surface area (Å²) < 4.78 is 0. The molecule has 0 saturated carbocycles. The van der Waals surface area contributed by atoms with Crippen LogP contribution in [0.25, 0.3) is 0 Å². The van der Waals surface area contributed by atoms with Gasteiger partial charge in [0.25, 0.3) is 0 Å². The van der Waals surface area contributed by atoms with Crippen LogP contribution in [-0.4, -0.2) is 49.1 Å². The number of rotatable bonds is 7. The van der Waals surface area contributed by atoms with Gasteiger partial charge in [0.05, 0.1) is 10.7 Å². The van der Waals surface area contributed by atoms with Gasteiger partial charge in [-0.25, -0.2) is 4.98 Å². The van der Waals surface area contributed by atoms with E-state index in [2.05, 4.69) is 75.9 Å². The third-order valence-electron chi connectivity index (χ3n) is 5.76. The molecule has 2 aromatic rings.